The number of amides is 2. The zero-order valence-electron chi connectivity index (χ0n) is 14.7. The van der Waals surface area contributed by atoms with Crippen LogP contribution >= 0.6 is 11.3 Å². The molecule has 2 aromatic rings. The average Bonchev–Trinajstić information content (AvgIpc) is 3.20. The highest BCUT2D eigenvalue weighted by Gasteiger charge is 2.21. The molecular weight excluding hydrogens is 358 g/mol. The van der Waals surface area contributed by atoms with Crippen molar-refractivity contribution in [2.75, 3.05) is 6.54 Å². The van der Waals surface area contributed by atoms with Gasteiger partial charge in [-0.1, -0.05) is 13.8 Å². The quantitative estimate of drug-likeness (QED) is 0.645. The number of aliphatic carboxylic acids is 1. The van der Waals surface area contributed by atoms with Crippen LogP contribution in [0.15, 0.2) is 21.9 Å². The van der Waals surface area contributed by atoms with Crippen LogP contribution in [0.4, 0.5) is 0 Å². The summed E-state index contributed by atoms with van der Waals surface area (Å²) in [7, 11) is 0. The van der Waals surface area contributed by atoms with Gasteiger partial charge in [-0.25, -0.2) is 9.78 Å². The Bertz CT molecular complexity index is 796. The molecule has 0 aromatic carbocycles. The van der Waals surface area contributed by atoms with E-state index in [1.54, 1.807) is 17.5 Å². The van der Waals surface area contributed by atoms with Crippen molar-refractivity contribution in [1.82, 2.24) is 15.6 Å². The molecule has 2 aromatic heterocycles. The highest BCUT2D eigenvalue weighted by Crippen LogP contribution is 2.25. The number of nitrogens with zero attached hydrogens (tertiary/aromatic N) is 1. The third-order valence-electron chi connectivity index (χ3n) is 3.44. The van der Waals surface area contributed by atoms with E-state index in [9.17, 15) is 14.4 Å². The van der Waals surface area contributed by atoms with E-state index in [1.807, 2.05) is 20.8 Å². The maximum absolute atomic E-state index is 12.1. The summed E-state index contributed by atoms with van der Waals surface area (Å²) in [5.41, 5.74) is 0.170. The fourth-order valence-corrected chi connectivity index (χ4v) is 2.99. The molecule has 8 nitrogen and oxygen atoms in total. The lowest BCUT2D eigenvalue weighted by atomic mass is 10.0. The van der Waals surface area contributed by atoms with Gasteiger partial charge in [0.15, 0.2) is 10.8 Å². The van der Waals surface area contributed by atoms with Crippen molar-refractivity contribution in [3.63, 3.8) is 0 Å². The zero-order valence-corrected chi connectivity index (χ0v) is 15.6. The molecule has 0 aliphatic heterocycles. The van der Waals surface area contributed by atoms with E-state index in [0.717, 1.165) is 5.76 Å². The number of aromatic nitrogens is 1. The Kier molecular flexibility index (Phi) is 6.51. The van der Waals surface area contributed by atoms with E-state index in [1.165, 1.54) is 11.3 Å². The molecular formula is C17H21N3O5S. The van der Waals surface area contributed by atoms with Gasteiger partial charge < -0.3 is 20.2 Å². The predicted molar refractivity (Wildman–Crippen MR) is 95.9 cm³/mol. The highest BCUT2D eigenvalue weighted by molar-refractivity contribution is 7.13. The SMILES string of the molecule is Cc1ccc(-c2nc(C(=O)NCC(=O)N[C@@H](CC(C)C)C(=O)O)cs2)o1. The molecule has 0 fully saturated rings. The summed E-state index contributed by atoms with van der Waals surface area (Å²) in [4.78, 5) is 39.3. The molecule has 2 amide bonds. The van der Waals surface area contributed by atoms with Crippen LogP contribution in [0.2, 0.25) is 0 Å². The fourth-order valence-electron chi connectivity index (χ4n) is 2.23. The molecule has 140 valence electrons. The Balaban J connectivity index is 1.89. The van der Waals surface area contributed by atoms with Gasteiger partial charge in [0.05, 0.1) is 6.54 Å². The first kappa shape index (κ1) is 19.6. The van der Waals surface area contributed by atoms with Gasteiger partial charge in [-0.05, 0) is 31.4 Å². The van der Waals surface area contributed by atoms with E-state index in [0.29, 0.717) is 17.2 Å². The number of carboxylic acids is 1. The topological polar surface area (TPSA) is 122 Å². The van der Waals surface area contributed by atoms with Gasteiger partial charge in [0.2, 0.25) is 5.91 Å². The first-order valence-electron chi connectivity index (χ1n) is 8.09. The van der Waals surface area contributed by atoms with Crippen LogP contribution in [-0.4, -0.2) is 40.5 Å². The first-order chi connectivity index (χ1) is 12.3. The molecule has 0 spiro atoms. The number of hydrogen-bond acceptors (Lipinski definition) is 6. The molecule has 0 bridgehead atoms. The van der Waals surface area contributed by atoms with Crippen LogP contribution in [0.1, 0.15) is 36.5 Å². The van der Waals surface area contributed by atoms with Gasteiger partial charge in [0.1, 0.15) is 17.5 Å². The molecule has 0 radical (unpaired) electrons. The Morgan fingerprint density at radius 1 is 1.31 bits per heavy atom. The summed E-state index contributed by atoms with van der Waals surface area (Å²) in [6.45, 7) is 5.22. The summed E-state index contributed by atoms with van der Waals surface area (Å²) in [5.74, 6) is -0.749. The highest BCUT2D eigenvalue weighted by atomic mass is 32.1. The van der Waals surface area contributed by atoms with Crippen molar-refractivity contribution in [1.29, 1.82) is 0 Å². The summed E-state index contributed by atoms with van der Waals surface area (Å²) >= 11 is 1.26. The Morgan fingerprint density at radius 2 is 2.04 bits per heavy atom. The minimum absolute atomic E-state index is 0.115. The van der Waals surface area contributed by atoms with Gasteiger partial charge in [-0.15, -0.1) is 11.3 Å². The van der Waals surface area contributed by atoms with Crippen molar-refractivity contribution >= 4 is 29.1 Å². The van der Waals surface area contributed by atoms with Gasteiger partial charge in [-0.3, -0.25) is 9.59 Å². The third-order valence-corrected chi connectivity index (χ3v) is 4.29. The fraction of sp³-hybridized carbons (Fsp3) is 0.412. The van der Waals surface area contributed by atoms with Crippen LogP contribution < -0.4 is 10.6 Å². The monoisotopic (exact) mass is 379 g/mol. The van der Waals surface area contributed by atoms with Gasteiger partial charge >= 0.3 is 5.97 Å². The van der Waals surface area contributed by atoms with Gasteiger partial charge in [0.25, 0.3) is 5.91 Å². The average molecular weight is 379 g/mol. The molecule has 0 saturated heterocycles. The normalized spacial score (nSPS) is 12.0. The first-order valence-corrected chi connectivity index (χ1v) is 8.97. The minimum atomic E-state index is -1.10. The van der Waals surface area contributed by atoms with E-state index < -0.39 is 23.8 Å². The molecule has 0 saturated carbocycles. The molecule has 2 rings (SSSR count). The number of furan rings is 1. The number of carbonyl (C=O) groups excluding carboxylic acids is 2. The zero-order chi connectivity index (χ0) is 19.3. The Morgan fingerprint density at radius 3 is 2.62 bits per heavy atom. The second kappa shape index (κ2) is 8.61. The van der Waals surface area contributed by atoms with E-state index in [-0.39, 0.29) is 18.2 Å². The lowest BCUT2D eigenvalue weighted by molar-refractivity contribution is -0.142. The van der Waals surface area contributed by atoms with E-state index >= 15 is 0 Å². The molecule has 26 heavy (non-hydrogen) atoms. The number of hydrogen-bond donors (Lipinski definition) is 3. The van der Waals surface area contributed by atoms with Crippen molar-refractivity contribution in [2.24, 2.45) is 5.92 Å². The van der Waals surface area contributed by atoms with Crippen molar-refractivity contribution < 1.29 is 23.9 Å². The molecule has 9 heteroatoms. The maximum atomic E-state index is 12.1. The van der Waals surface area contributed by atoms with Crippen molar-refractivity contribution in [3.05, 3.63) is 29.0 Å². The molecule has 0 unspecified atom stereocenters. The summed E-state index contributed by atoms with van der Waals surface area (Å²) in [5, 5.41) is 16.1. The predicted octanol–water partition coefficient (Wildman–Crippen LogP) is 2.06. The largest absolute Gasteiger partial charge is 0.480 e. The minimum Gasteiger partial charge on any atom is -0.480 e. The van der Waals surface area contributed by atoms with Crippen molar-refractivity contribution in [2.45, 2.75) is 33.2 Å². The molecule has 1 atom stereocenters. The number of nitrogens with one attached hydrogen (secondary N) is 2. The third kappa shape index (κ3) is 5.41. The molecule has 0 aliphatic rings. The Labute approximate surface area is 154 Å². The smallest absolute Gasteiger partial charge is 0.326 e. The second-order valence-electron chi connectivity index (χ2n) is 6.22. The van der Waals surface area contributed by atoms with Crippen molar-refractivity contribution in [3.8, 4) is 10.8 Å². The Hall–Kier alpha value is -2.68. The number of thiazole rings is 1. The standard InChI is InChI=1S/C17H21N3O5S/c1-9(2)6-11(17(23)24)19-14(21)7-18-15(22)12-8-26-16(20-12)13-5-4-10(3)25-13/h4-5,8-9,11H,6-7H2,1-3H3,(H,18,22)(H,19,21)(H,23,24)/t11-/m0/s1. The van der Waals surface area contributed by atoms with E-state index in [4.69, 9.17) is 9.52 Å². The van der Waals surface area contributed by atoms with Crippen LogP contribution in [0.5, 0.6) is 0 Å². The van der Waals surface area contributed by atoms with Gasteiger partial charge in [0, 0.05) is 5.38 Å². The van der Waals surface area contributed by atoms with Gasteiger partial charge in [-0.2, -0.15) is 0 Å². The number of carbonyl (C=O) groups is 3. The van der Waals surface area contributed by atoms with Crippen LogP contribution in [0.3, 0.4) is 0 Å². The number of carboxylic acid groups (broad SMARTS) is 1. The molecule has 0 aliphatic carbocycles. The lowest BCUT2D eigenvalue weighted by Gasteiger charge is -2.16. The lowest BCUT2D eigenvalue weighted by Crippen LogP contribution is -2.46. The molecule has 3 N–H and O–H groups in total. The second-order valence-corrected chi connectivity index (χ2v) is 7.08. The van der Waals surface area contributed by atoms with E-state index in [2.05, 4.69) is 15.6 Å². The number of rotatable bonds is 8. The van der Waals surface area contributed by atoms with Crippen LogP contribution in [-0.2, 0) is 9.59 Å². The maximum Gasteiger partial charge on any atom is 0.326 e. The summed E-state index contributed by atoms with van der Waals surface area (Å²) in [6.07, 6.45) is 0.313. The summed E-state index contributed by atoms with van der Waals surface area (Å²) < 4.78 is 5.46. The summed E-state index contributed by atoms with van der Waals surface area (Å²) in [6, 6.07) is 2.59. The van der Waals surface area contributed by atoms with Crippen LogP contribution in [0.25, 0.3) is 10.8 Å². The number of aryl methyl sites for hydroxylation is 1. The molecule has 2 heterocycles. The van der Waals surface area contributed by atoms with Crippen LogP contribution in [0, 0.1) is 12.8 Å².